The molecule has 0 bridgehead atoms. The normalized spacial score (nSPS) is 12.3. The van der Waals surface area contributed by atoms with Gasteiger partial charge in [-0.1, -0.05) is 63.3 Å². The highest BCUT2D eigenvalue weighted by Gasteiger charge is 2.18. The van der Waals surface area contributed by atoms with E-state index >= 15 is 0 Å². The zero-order valence-corrected chi connectivity index (χ0v) is 25.1. The monoisotopic (exact) mass is 576 g/mol. The van der Waals surface area contributed by atoms with Gasteiger partial charge in [0.05, 0.1) is 31.4 Å². The van der Waals surface area contributed by atoms with E-state index in [2.05, 4.69) is 12.2 Å². The standard InChI is InChI=1S/C34H44N2O6/c1-4-6-7-8-9-12-23-41-32-17-11-10-16-31(32)33(37)35-29-20-18-28(19-21-29)34(38)42-24-22-36(39,5-2)26-27-14-13-15-30(25-27)40-3/h10-11,13-21,25H,4-9,12,22-24,26H2,1-3H3,(H,35,37). The fraction of sp³-hybridized carbons (Fsp3) is 0.412. The topological polar surface area (TPSA) is 96.9 Å². The molecular weight excluding hydrogens is 532 g/mol. The molecule has 8 heteroatoms. The number of hydroxylamine groups is 3. The molecule has 0 aromatic heterocycles. The average molecular weight is 577 g/mol. The first kappa shape index (κ1) is 32.6. The minimum atomic E-state index is -0.523. The third-order valence-electron chi connectivity index (χ3n) is 7.18. The summed E-state index contributed by atoms with van der Waals surface area (Å²) in [4.78, 5) is 25.6. The number of likely N-dealkylation sites (N-methyl/N-ethyl adjacent to an activating group) is 1. The van der Waals surface area contributed by atoms with Crippen LogP contribution in [0.25, 0.3) is 0 Å². The molecule has 3 rings (SSSR count). The Morgan fingerprint density at radius 2 is 1.60 bits per heavy atom. The number of methoxy groups -OCH3 is 1. The number of carbonyl (C=O) groups is 2. The van der Waals surface area contributed by atoms with Crippen molar-refractivity contribution in [3.05, 3.63) is 94.7 Å². The van der Waals surface area contributed by atoms with E-state index < -0.39 is 10.6 Å². The average Bonchev–Trinajstić information content (AvgIpc) is 3.01. The summed E-state index contributed by atoms with van der Waals surface area (Å²) in [6.07, 6.45) is 6.99. The summed E-state index contributed by atoms with van der Waals surface area (Å²) in [7, 11) is 1.59. The predicted octanol–water partition coefficient (Wildman–Crippen LogP) is 7.38. The molecule has 1 unspecified atom stereocenters. The van der Waals surface area contributed by atoms with E-state index in [0.717, 1.165) is 18.4 Å². The highest BCUT2D eigenvalue weighted by molar-refractivity contribution is 6.06. The number of para-hydroxylation sites is 1. The summed E-state index contributed by atoms with van der Waals surface area (Å²) in [5, 5.41) is 16.1. The minimum absolute atomic E-state index is 0.00580. The maximum absolute atomic E-state index is 13.2. The van der Waals surface area contributed by atoms with E-state index in [4.69, 9.17) is 14.2 Å². The molecule has 42 heavy (non-hydrogen) atoms. The minimum Gasteiger partial charge on any atom is -0.632 e. The highest BCUT2D eigenvalue weighted by Crippen LogP contribution is 2.22. The van der Waals surface area contributed by atoms with Gasteiger partial charge in [0, 0.05) is 11.3 Å². The van der Waals surface area contributed by atoms with Gasteiger partial charge in [-0.05, 0) is 61.9 Å². The number of amides is 1. The van der Waals surface area contributed by atoms with Crippen LogP contribution in [-0.2, 0) is 11.3 Å². The summed E-state index contributed by atoms with van der Waals surface area (Å²) < 4.78 is 16.0. The number of esters is 1. The first-order valence-electron chi connectivity index (χ1n) is 14.9. The lowest BCUT2D eigenvalue weighted by Crippen LogP contribution is -2.43. The molecular formula is C34H44N2O6. The Balaban J connectivity index is 1.48. The molecule has 226 valence electrons. The van der Waals surface area contributed by atoms with E-state index in [9.17, 15) is 14.8 Å². The quantitative estimate of drug-likeness (QED) is 0.0735. The summed E-state index contributed by atoms with van der Waals surface area (Å²) in [5.74, 6) is 0.437. The number of anilines is 1. The van der Waals surface area contributed by atoms with Gasteiger partial charge in [-0.25, -0.2) is 4.79 Å². The number of nitrogens with zero attached hydrogens (tertiary/aromatic N) is 1. The predicted molar refractivity (Wildman–Crippen MR) is 166 cm³/mol. The molecule has 0 spiro atoms. The van der Waals surface area contributed by atoms with Crippen LogP contribution in [0, 0.1) is 5.21 Å². The van der Waals surface area contributed by atoms with Gasteiger partial charge in [0.1, 0.15) is 31.2 Å². The van der Waals surface area contributed by atoms with Gasteiger partial charge >= 0.3 is 5.97 Å². The molecule has 0 aliphatic rings. The molecule has 3 aromatic rings. The summed E-state index contributed by atoms with van der Waals surface area (Å²) in [6.45, 7) is 5.32. The van der Waals surface area contributed by atoms with Gasteiger partial charge in [-0.15, -0.1) is 0 Å². The fourth-order valence-corrected chi connectivity index (χ4v) is 4.57. The molecule has 0 fully saturated rings. The summed E-state index contributed by atoms with van der Waals surface area (Å²) in [6, 6.07) is 21.1. The lowest BCUT2D eigenvalue weighted by molar-refractivity contribution is -0.892. The molecule has 0 aliphatic carbocycles. The first-order chi connectivity index (χ1) is 20.4. The SMILES string of the molecule is CCCCCCCCOc1ccccc1C(=O)Nc1ccc(C(=O)OCC[N+]([O-])(CC)Cc2cccc(OC)c2)cc1. The second-order valence-corrected chi connectivity index (χ2v) is 10.4. The van der Waals surface area contributed by atoms with Crippen molar-refractivity contribution in [1.82, 2.24) is 0 Å². The van der Waals surface area contributed by atoms with Crippen LogP contribution in [0.1, 0.15) is 78.7 Å². The van der Waals surface area contributed by atoms with Crippen LogP contribution in [0.5, 0.6) is 11.5 Å². The molecule has 1 amide bonds. The van der Waals surface area contributed by atoms with Crippen molar-refractivity contribution in [1.29, 1.82) is 0 Å². The smallest absolute Gasteiger partial charge is 0.338 e. The van der Waals surface area contributed by atoms with Gasteiger partial charge in [0.15, 0.2) is 0 Å². The van der Waals surface area contributed by atoms with Crippen LogP contribution in [-0.4, -0.2) is 49.9 Å². The van der Waals surface area contributed by atoms with E-state index in [0.29, 0.717) is 41.5 Å². The zero-order valence-electron chi connectivity index (χ0n) is 25.1. The maximum Gasteiger partial charge on any atom is 0.338 e. The van der Waals surface area contributed by atoms with Crippen LogP contribution >= 0.6 is 0 Å². The van der Waals surface area contributed by atoms with Crippen molar-refractivity contribution in [3.8, 4) is 11.5 Å². The van der Waals surface area contributed by atoms with Crippen molar-refractivity contribution in [2.45, 2.75) is 58.9 Å². The van der Waals surface area contributed by atoms with Crippen LogP contribution in [0.2, 0.25) is 0 Å². The number of carbonyl (C=O) groups excluding carboxylic acids is 2. The largest absolute Gasteiger partial charge is 0.632 e. The van der Waals surface area contributed by atoms with Gasteiger partial charge in [0.2, 0.25) is 0 Å². The van der Waals surface area contributed by atoms with Gasteiger partial charge < -0.3 is 29.4 Å². The van der Waals surface area contributed by atoms with Crippen LogP contribution in [0.4, 0.5) is 5.69 Å². The second-order valence-electron chi connectivity index (χ2n) is 10.4. The van der Waals surface area contributed by atoms with Gasteiger partial charge in [-0.2, -0.15) is 0 Å². The number of ether oxygens (including phenoxy) is 3. The van der Waals surface area contributed by atoms with Crippen LogP contribution < -0.4 is 14.8 Å². The molecule has 8 nitrogen and oxygen atoms in total. The molecule has 1 atom stereocenters. The highest BCUT2D eigenvalue weighted by atomic mass is 16.6. The van der Waals surface area contributed by atoms with Crippen LogP contribution in [0.3, 0.4) is 0 Å². The Bertz CT molecular complexity index is 1260. The number of hydrogen-bond acceptors (Lipinski definition) is 6. The molecule has 3 aromatic carbocycles. The summed E-state index contributed by atoms with van der Waals surface area (Å²) >= 11 is 0. The Kier molecular flexibility index (Phi) is 13.3. The van der Waals surface area contributed by atoms with Crippen molar-refractivity contribution in [2.75, 3.05) is 38.7 Å². The molecule has 0 saturated carbocycles. The molecule has 0 aliphatic heterocycles. The van der Waals surface area contributed by atoms with Crippen molar-refractivity contribution in [3.63, 3.8) is 0 Å². The van der Waals surface area contributed by atoms with Crippen molar-refractivity contribution >= 4 is 17.6 Å². The molecule has 0 saturated heterocycles. The number of benzene rings is 3. The fourth-order valence-electron chi connectivity index (χ4n) is 4.57. The Labute approximate surface area is 249 Å². The number of unbranched alkanes of at least 4 members (excludes halogenated alkanes) is 5. The van der Waals surface area contributed by atoms with E-state index in [1.54, 1.807) is 49.6 Å². The Hall–Kier alpha value is -3.88. The lowest BCUT2D eigenvalue weighted by Gasteiger charge is -2.41. The van der Waals surface area contributed by atoms with Gasteiger partial charge in [0.25, 0.3) is 5.91 Å². The van der Waals surface area contributed by atoms with E-state index in [1.165, 1.54) is 25.7 Å². The number of hydrogen-bond donors (Lipinski definition) is 1. The molecule has 1 N–H and O–H groups in total. The number of rotatable bonds is 18. The lowest BCUT2D eigenvalue weighted by atomic mass is 10.1. The Morgan fingerprint density at radius 1 is 0.857 bits per heavy atom. The molecule has 0 heterocycles. The number of nitrogens with one attached hydrogen (secondary N) is 1. The second kappa shape index (κ2) is 17.2. The maximum atomic E-state index is 13.2. The molecule has 0 radical (unpaired) electrons. The first-order valence-corrected chi connectivity index (χ1v) is 14.9. The van der Waals surface area contributed by atoms with Crippen LogP contribution in [0.15, 0.2) is 72.8 Å². The van der Waals surface area contributed by atoms with E-state index in [1.807, 2.05) is 37.3 Å². The summed E-state index contributed by atoms with van der Waals surface area (Å²) in [5.41, 5.74) is 2.20. The Morgan fingerprint density at radius 3 is 2.33 bits per heavy atom. The van der Waals surface area contributed by atoms with Crippen molar-refractivity contribution < 1.29 is 28.4 Å². The van der Waals surface area contributed by atoms with E-state index in [-0.39, 0.29) is 25.6 Å². The number of quaternary nitrogens is 1. The third-order valence-corrected chi connectivity index (χ3v) is 7.18. The zero-order chi connectivity index (χ0) is 30.2. The third kappa shape index (κ3) is 10.5. The van der Waals surface area contributed by atoms with Gasteiger partial charge in [-0.3, -0.25) is 4.79 Å². The van der Waals surface area contributed by atoms with Crippen molar-refractivity contribution in [2.24, 2.45) is 0 Å².